The molecule has 1 aliphatic heterocycles. The third-order valence-corrected chi connectivity index (χ3v) is 3.82. The normalized spacial score (nSPS) is 43.0. The number of hydrogen-bond donors (Lipinski definition) is 1. The van der Waals surface area contributed by atoms with E-state index in [9.17, 15) is 5.11 Å². The zero-order valence-corrected chi connectivity index (χ0v) is 10.9. The van der Waals surface area contributed by atoms with Crippen LogP contribution in [-0.2, 0) is 4.74 Å². The van der Waals surface area contributed by atoms with Gasteiger partial charge in [0.2, 0.25) is 0 Å². The molecule has 1 heterocycles. The van der Waals surface area contributed by atoms with Crippen molar-refractivity contribution in [1.29, 1.82) is 0 Å². The van der Waals surface area contributed by atoms with Crippen molar-refractivity contribution in [3.63, 3.8) is 0 Å². The Kier molecular flexibility index (Phi) is 3.83. The largest absolute Gasteiger partial charge is 0.368 e. The van der Waals surface area contributed by atoms with E-state index in [0.29, 0.717) is 11.8 Å². The van der Waals surface area contributed by atoms with E-state index in [4.69, 9.17) is 4.74 Å². The van der Waals surface area contributed by atoms with Gasteiger partial charge in [-0.25, -0.2) is 0 Å². The second-order valence-corrected chi connectivity index (χ2v) is 6.41. The van der Waals surface area contributed by atoms with Crippen molar-refractivity contribution >= 4 is 0 Å². The molecule has 1 saturated heterocycles. The van der Waals surface area contributed by atoms with Crippen LogP contribution in [0.3, 0.4) is 0 Å². The highest BCUT2D eigenvalue weighted by Gasteiger charge is 2.39. The van der Waals surface area contributed by atoms with Gasteiger partial charge in [-0.2, -0.15) is 0 Å². The summed E-state index contributed by atoms with van der Waals surface area (Å²) in [5.41, 5.74) is 0.263. The average Bonchev–Trinajstić information content (AvgIpc) is 2.08. The van der Waals surface area contributed by atoms with Gasteiger partial charge in [0.15, 0.2) is 6.29 Å². The van der Waals surface area contributed by atoms with Gasteiger partial charge in [0, 0.05) is 5.92 Å². The van der Waals surface area contributed by atoms with Crippen molar-refractivity contribution in [3.8, 4) is 0 Å². The van der Waals surface area contributed by atoms with Gasteiger partial charge in [-0.05, 0) is 23.7 Å². The average molecular weight is 214 g/mol. The topological polar surface area (TPSA) is 29.5 Å². The second-order valence-electron chi connectivity index (χ2n) is 6.41. The lowest BCUT2D eigenvalue weighted by molar-refractivity contribution is -0.230. The van der Waals surface area contributed by atoms with Crippen LogP contribution in [0.4, 0.5) is 0 Å². The molecule has 5 unspecified atom stereocenters. The first kappa shape index (κ1) is 13.0. The maximum Gasteiger partial charge on any atom is 0.157 e. The fraction of sp³-hybridized carbons (Fsp3) is 1.00. The Hall–Kier alpha value is -0.0800. The molecule has 1 rings (SSSR count). The van der Waals surface area contributed by atoms with Crippen LogP contribution in [0.15, 0.2) is 0 Å². The summed E-state index contributed by atoms with van der Waals surface area (Å²) in [6.45, 7) is 13.2. The molecule has 2 nitrogen and oxygen atoms in total. The summed E-state index contributed by atoms with van der Waals surface area (Å²) < 4.78 is 5.71. The molecule has 0 amide bonds. The maximum absolute atomic E-state index is 9.81. The first-order chi connectivity index (χ1) is 6.72. The van der Waals surface area contributed by atoms with E-state index < -0.39 is 6.29 Å². The van der Waals surface area contributed by atoms with Crippen molar-refractivity contribution in [1.82, 2.24) is 0 Å². The van der Waals surface area contributed by atoms with Crippen molar-refractivity contribution in [2.75, 3.05) is 0 Å². The molecule has 0 saturated carbocycles. The van der Waals surface area contributed by atoms with Crippen LogP contribution in [0.25, 0.3) is 0 Å². The van der Waals surface area contributed by atoms with Crippen molar-refractivity contribution in [2.24, 2.45) is 23.2 Å². The Labute approximate surface area is 94.0 Å². The van der Waals surface area contributed by atoms with E-state index in [1.54, 1.807) is 0 Å². The highest BCUT2D eigenvalue weighted by molar-refractivity contribution is 4.84. The molecule has 0 bridgehead atoms. The molecule has 0 radical (unpaired) electrons. The molecule has 90 valence electrons. The number of hydrogen-bond acceptors (Lipinski definition) is 2. The van der Waals surface area contributed by atoms with Crippen LogP contribution >= 0.6 is 0 Å². The Balaban J connectivity index is 2.67. The number of aliphatic hydroxyl groups excluding tert-OH is 1. The molecular weight excluding hydrogens is 188 g/mol. The van der Waals surface area contributed by atoms with Crippen molar-refractivity contribution in [2.45, 2.75) is 60.4 Å². The third-order valence-electron chi connectivity index (χ3n) is 3.82. The predicted octanol–water partition coefficient (Wildman–Crippen LogP) is 3.05. The number of rotatable bonds is 1. The van der Waals surface area contributed by atoms with Gasteiger partial charge in [0.1, 0.15) is 0 Å². The fourth-order valence-electron chi connectivity index (χ4n) is 2.34. The minimum atomic E-state index is -0.580. The lowest BCUT2D eigenvalue weighted by Crippen LogP contribution is -2.45. The quantitative estimate of drug-likeness (QED) is 0.727. The Bertz CT molecular complexity index is 207. The summed E-state index contributed by atoms with van der Waals surface area (Å²) in [6.07, 6.45) is 0.636. The summed E-state index contributed by atoms with van der Waals surface area (Å²) in [5, 5.41) is 9.81. The van der Waals surface area contributed by atoms with Gasteiger partial charge in [-0.3, -0.25) is 0 Å². The van der Waals surface area contributed by atoms with Crippen LogP contribution in [0, 0.1) is 23.2 Å². The zero-order chi connectivity index (χ0) is 11.8. The first-order valence-corrected chi connectivity index (χ1v) is 6.06. The molecule has 1 aliphatic rings. The van der Waals surface area contributed by atoms with Gasteiger partial charge in [0.25, 0.3) is 0 Å². The van der Waals surface area contributed by atoms with Gasteiger partial charge in [-0.15, -0.1) is 0 Å². The summed E-state index contributed by atoms with van der Waals surface area (Å²) in [7, 11) is 0. The maximum atomic E-state index is 9.81. The Morgan fingerprint density at radius 3 is 2.00 bits per heavy atom. The lowest BCUT2D eigenvalue weighted by Gasteiger charge is -2.43. The molecule has 1 N–H and O–H groups in total. The lowest BCUT2D eigenvalue weighted by atomic mass is 9.74. The fourth-order valence-corrected chi connectivity index (χ4v) is 2.34. The van der Waals surface area contributed by atoms with E-state index in [1.165, 1.54) is 0 Å². The van der Waals surface area contributed by atoms with Gasteiger partial charge >= 0.3 is 0 Å². The van der Waals surface area contributed by atoms with E-state index in [0.717, 1.165) is 6.42 Å². The van der Waals surface area contributed by atoms with Crippen LogP contribution in [0.5, 0.6) is 0 Å². The van der Waals surface area contributed by atoms with Crippen LogP contribution < -0.4 is 0 Å². The smallest absolute Gasteiger partial charge is 0.157 e. The zero-order valence-electron chi connectivity index (χ0n) is 10.9. The van der Waals surface area contributed by atoms with Crippen molar-refractivity contribution in [3.05, 3.63) is 0 Å². The highest BCUT2D eigenvalue weighted by Crippen LogP contribution is 2.38. The molecule has 0 aromatic heterocycles. The monoisotopic (exact) mass is 214 g/mol. The third kappa shape index (κ3) is 3.18. The van der Waals surface area contributed by atoms with Gasteiger partial charge < -0.3 is 9.84 Å². The van der Waals surface area contributed by atoms with E-state index in [-0.39, 0.29) is 17.4 Å². The van der Waals surface area contributed by atoms with Crippen molar-refractivity contribution < 1.29 is 9.84 Å². The van der Waals surface area contributed by atoms with Gasteiger partial charge in [0.05, 0.1) is 6.10 Å². The molecule has 15 heavy (non-hydrogen) atoms. The van der Waals surface area contributed by atoms with Crippen LogP contribution in [0.1, 0.15) is 48.0 Å². The molecule has 0 aromatic carbocycles. The van der Waals surface area contributed by atoms with Crippen LogP contribution in [0.2, 0.25) is 0 Å². The SMILES string of the molecule is CC1C(O)OC(CC(C)(C)C)C(C)C1C. The standard InChI is InChI=1S/C13H26O2/c1-8-9(2)11(7-13(4,5)6)15-12(14)10(8)3/h8-12,14H,7H2,1-6H3. The minimum Gasteiger partial charge on any atom is -0.368 e. The summed E-state index contributed by atoms with van der Waals surface area (Å²) in [4.78, 5) is 0. The predicted molar refractivity (Wildman–Crippen MR) is 62.4 cm³/mol. The molecule has 2 heteroatoms. The minimum absolute atomic E-state index is 0.200. The Morgan fingerprint density at radius 1 is 1.00 bits per heavy atom. The Morgan fingerprint density at radius 2 is 1.53 bits per heavy atom. The number of aliphatic hydroxyl groups is 1. The molecule has 5 atom stereocenters. The molecule has 0 spiro atoms. The molecular formula is C13H26O2. The highest BCUT2D eigenvalue weighted by atomic mass is 16.6. The molecule has 0 aliphatic carbocycles. The summed E-state index contributed by atoms with van der Waals surface area (Å²) in [5.74, 6) is 1.31. The van der Waals surface area contributed by atoms with E-state index >= 15 is 0 Å². The molecule has 0 aromatic rings. The van der Waals surface area contributed by atoms with Crippen LogP contribution in [-0.4, -0.2) is 17.5 Å². The summed E-state index contributed by atoms with van der Waals surface area (Å²) in [6, 6.07) is 0. The second kappa shape index (κ2) is 4.42. The van der Waals surface area contributed by atoms with E-state index in [2.05, 4.69) is 41.5 Å². The number of ether oxygens (including phenoxy) is 1. The summed E-state index contributed by atoms with van der Waals surface area (Å²) >= 11 is 0. The van der Waals surface area contributed by atoms with E-state index in [1.807, 2.05) is 0 Å². The first-order valence-electron chi connectivity index (χ1n) is 6.06. The molecule has 1 fully saturated rings. The van der Waals surface area contributed by atoms with Gasteiger partial charge in [-0.1, -0.05) is 41.5 Å².